The highest BCUT2D eigenvalue weighted by Crippen LogP contribution is 2.28. The van der Waals surface area contributed by atoms with Crippen LogP contribution < -0.4 is 5.73 Å². The van der Waals surface area contributed by atoms with E-state index in [2.05, 4.69) is 0 Å². The fraction of sp³-hybridized carbons (Fsp3) is 0.125. The highest BCUT2D eigenvalue weighted by atomic mass is 19.4. The number of primary amides is 1. The molecule has 70 valence electrons. The second-order valence-electron chi connectivity index (χ2n) is 2.35. The average molecular weight is 190 g/mol. The van der Waals surface area contributed by atoms with E-state index in [1.165, 1.54) is 0 Å². The molecule has 0 aliphatic heterocycles. The molecule has 0 unspecified atom stereocenters. The van der Waals surface area contributed by atoms with Gasteiger partial charge in [-0.2, -0.15) is 13.2 Å². The SMILES string of the molecule is [2H]c1cc(C(F)(F)F)ccc1C(N)=O. The van der Waals surface area contributed by atoms with Crippen LogP contribution in [-0.2, 0) is 6.18 Å². The van der Waals surface area contributed by atoms with Crippen LogP contribution in [0, 0.1) is 0 Å². The minimum absolute atomic E-state index is 0.224. The molecule has 0 spiro atoms. The van der Waals surface area contributed by atoms with Crippen LogP contribution in [-0.4, -0.2) is 5.91 Å². The van der Waals surface area contributed by atoms with Crippen LogP contribution in [0.2, 0.25) is 0 Å². The first-order valence-electron chi connectivity index (χ1n) is 3.80. The Balaban J connectivity index is 3.20. The van der Waals surface area contributed by atoms with Crippen molar-refractivity contribution in [2.75, 3.05) is 0 Å². The van der Waals surface area contributed by atoms with Gasteiger partial charge in [0.15, 0.2) is 0 Å². The molecule has 0 saturated carbocycles. The third-order valence-electron chi connectivity index (χ3n) is 1.41. The molecule has 0 aromatic heterocycles. The lowest BCUT2D eigenvalue weighted by Gasteiger charge is -2.05. The number of hydrogen-bond donors (Lipinski definition) is 1. The summed E-state index contributed by atoms with van der Waals surface area (Å²) < 4.78 is 43.4. The zero-order valence-corrected chi connectivity index (χ0v) is 6.35. The van der Waals surface area contributed by atoms with Crippen LogP contribution in [0.15, 0.2) is 24.2 Å². The van der Waals surface area contributed by atoms with Crippen LogP contribution in [0.5, 0.6) is 0 Å². The first-order valence-corrected chi connectivity index (χ1v) is 3.30. The number of halogens is 3. The second-order valence-corrected chi connectivity index (χ2v) is 2.35. The van der Waals surface area contributed by atoms with Crippen LogP contribution in [0.4, 0.5) is 13.2 Å². The zero-order valence-electron chi connectivity index (χ0n) is 7.35. The fourth-order valence-corrected chi connectivity index (χ4v) is 0.754. The first-order chi connectivity index (χ1) is 6.32. The first kappa shape index (κ1) is 8.10. The Labute approximate surface area is 73.6 Å². The maximum atomic E-state index is 12.1. The Bertz CT molecular complexity index is 375. The van der Waals surface area contributed by atoms with Crippen molar-refractivity contribution in [1.82, 2.24) is 0 Å². The molecule has 0 heterocycles. The van der Waals surface area contributed by atoms with E-state index in [0.29, 0.717) is 6.07 Å². The molecule has 2 N–H and O–H groups in total. The summed E-state index contributed by atoms with van der Waals surface area (Å²) in [7, 11) is 0. The summed E-state index contributed by atoms with van der Waals surface area (Å²) in [5.41, 5.74) is 3.64. The Morgan fingerprint density at radius 1 is 1.38 bits per heavy atom. The van der Waals surface area contributed by atoms with Crippen LogP contribution in [0.1, 0.15) is 17.3 Å². The number of hydrogen-bond acceptors (Lipinski definition) is 1. The summed E-state index contributed by atoms with van der Waals surface area (Å²) in [4.78, 5) is 10.6. The molecular formula is C8H6F3NO. The van der Waals surface area contributed by atoms with Crippen molar-refractivity contribution in [3.63, 3.8) is 0 Å². The highest BCUT2D eigenvalue weighted by molar-refractivity contribution is 5.92. The van der Waals surface area contributed by atoms with Crippen molar-refractivity contribution in [3.8, 4) is 0 Å². The van der Waals surface area contributed by atoms with Crippen LogP contribution >= 0.6 is 0 Å². The van der Waals surface area contributed by atoms with Crippen molar-refractivity contribution in [1.29, 1.82) is 0 Å². The number of benzene rings is 1. The summed E-state index contributed by atoms with van der Waals surface area (Å²) in [6.07, 6.45) is -4.51. The van der Waals surface area contributed by atoms with E-state index in [4.69, 9.17) is 7.10 Å². The molecule has 1 aromatic carbocycles. The minimum atomic E-state index is -4.51. The van der Waals surface area contributed by atoms with Gasteiger partial charge in [0.05, 0.1) is 6.93 Å². The summed E-state index contributed by atoms with van der Waals surface area (Å²) in [6, 6.07) is 1.67. The van der Waals surface area contributed by atoms with E-state index in [9.17, 15) is 18.0 Å². The summed E-state index contributed by atoms with van der Waals surface area (Å²) >= 11 is 0. The Kier molecular flexibility index (Phi) is 1.92. The van der Waals surface area contributed by atoms with Crippen molar-refractivity contribution >= 4 is 5.91 Å². The molecule has 5 heteroatoms. The molecule has 1 aromatic rings. The van der Waals surface area contributed by atoms with Gasteiger partial charge in [-0.15, -0.1) is 0 Å². The fourth-order valence-electron chi connectivity index (χ4n) is 0.754. The van der Waals surface area contributed by atoms with E-state index in [0.717, 1.165) is 12.1 Å². The van der Waals surface area contributed by atoms with E-state index in [1.54, 1.807) is 0 Å². The van der Waals surface area contributed by atoms with Gasteiger partial charge in [-0.1, -0.05) is 0 Å². The Morgan fingerprint density at radius 3 is 2.38 bits per heavy atom. The molecular weight excluding hydrogens is 183 g/mol. The van der Waals surface area contributed by atoms with Gasteiger partial charge in [-0.05, 0) is 24.2 Å². The molecule has 0 atom stereocenters. The number of nitrogens with two attached hydrogens (primary N) is 1. The quantitative estimate of drug-likeness (QED) is 0.720. The van der Waals surface area contributed by atoms with Gasteiger partial charge in [-0.3, -0.25) is 4.79 Å². The Hall–Kier alpha value is -1.52. The molecule has 0 bridgehead atoms. The maximum Gasteiger partial charge on any atom is 0.416 e. The van der Waals surface area contributed by atoms with Gasteiger partial charge < -0.3 is 5.73 Å². The molecule has 0 aliphatic rings. The topological polar surface area (TPSA) is 43.1 Å². The second kappa shape index (κ2) is 3.08. The standard InChI is InChI=1S/C8H6F3NO/c9-8(10,11)6-3-1-5(2-4-6)7(12)13/h1-4H,(H2,12,13)/i1D. The molecule has 0 radical (unpaired) electrons. The molecule has 0 aliphatic carbocycles. The summed E-state index contributed by atoms with van der Waals surface area (Å²) in [5, 5.41) is 0. The van der Waals surface area contributed by atoms with Gasteiger partial charge >= 0.3 is 6.18 Å². The van der Waals surface area contributed by atoms with E-state index >= 15 is 0 Å². The highest BCUT2D eigenvalue weighted by Gasteiger charge is 2.30. The number of alkyl halides is 3. The maximum absolute atomic E-state index is 12.1. The minimum Gasteiger partial charge on any atom is -0.366 e. The lowest BCUT2D eigenvalue weighted by molar-refractivity contribution is -0.137. The van der Waals surface area contributed by atoms with Crippen molar-refractivity contribution < 1.29 is 19.3 Å². The van der Waals surface area contributed by atoms with Gasteiger partial charge in [0.1, 0.15) is 0 Å². The van der Waals surface area contributed by atoms with Crippen LogP contribution in [0.3, 0.4) is 0 Å². The van der Waals surface area contributed by atoms with Gasteiger partial charge in [-0.25, -0.2) is 0 Å². The van der Waals surface area contributed by atoms with Crippen LogP contribution in [0.25, 0.3) is 0 Å². The predicted molar refractivity (Wildman–Crippen MR) is 40.0 cm³/mol. The molecule has 13 heavy (non-hydrogen) atoms. The van der Waals surface area contributed by atoms with E-state index in [-0.39, 0.29) is 5.56 Å². The smallest absolute Gasteiger partial charge is 0.366 e. The molecule has 2 nitrogen and oxygen atoms in total. The lowest BCUT2D eigenvalue weighted by atomic mass is 10.1. The normalized spacial score (nSPS) is 12.4. The van der Waals surface area contributed by atoms with E-state index < -0.39 is 23.7 Å². The average Bonchev–Trinajstić information content (AvgIpc) is 2.01. The molecule has 0 fully saturated rings. The number of rotatable bonds is 1. The monoisotopic (exact) mass is 190 g/mol. The molecule has 0 saturated heterocycles. The lowest BCUT2D eigenvalue weighted by Crippen LogP contribution is -2.11. The van der Waals surface area contributed by atoms with Crippen molar-refractivity contribution in [2.45, 2.75) is 6.18 Å². The Morgan fingerprint density at radius 2 is 2.00 bits per heavy atom. The van der Waals surface area contributed by atoms with Crippen molar-refractivity contribution in [2.24, 2.45) is 5.73 Å². The number of amides is 1. The third-order valence-corrected chi connectivity index (χ3v) is 1.41. The summed E-state index contributed by atoms with van der Waals surface area (Å²) in [5.74, 6) is -0.913. The number of carbonyl (C=O) groups excluding carboxylic acids is 1. The zero-order chi connectivity index (χ0) is 10.9. The molecule has 1 amide bonds. The van der Waals surface area contributed by atoms with Crippen molar-refractivity contribution in [3.05, 3.63) is 35.4 Å². The largest absolute Gasteiger partial charge is 0.416 e. The van der Waals surface area contributed by atoms with Gasteiger partial charge in [0, 0.05) is 5.56 Å². The summed E-state index contributed by atoms with van der Waals surface area (Å²) in [6.45, 7) is 0. The van der Waals surface area contributed by atoms with E-state index in [1.807, 2.05) is 0 Å². The molecule has 1 rings (SSSR count). The third kappa shape index (κ3) is 2.21. The van der Waals surface area contributed by atoms with Gasteiger partial charge in [0.25, 0.3) is 0 Å². The van der Waals surface area contributed by atoms with Gasteiger partial charge in [0.2, 0.25) is 5.91 Å². The predicted octanol–water partition coefficient (Wildman–Crippen LogP) is 1.80. The number of carbonyl (C=O) groups is 1.